The molecule has 1 fully saturated rings. The number of likely N-dealkylation sites (tertiary alicyclic amines) is 1. The number of piperidine rings is 1. The first-order chi connectivity index (χ1) is 8.13. The highest BCUT2D eigenvalue weighted by Crippen LogP contribution is 2.30. The molecule has 1 aromatic rings. The first kappa shape index (κ1) is 12.9. The van der Waals surface area contributed by atoms with E-state index >= 15 is 0 Å². The Bertz CT molecular complexity index is 365. The van der Waals surface area contributed by atoms with E-state index in [1.165, 1.54) is 31.8 Å². The molecule has 4 heteroatoms. The van der Waals surface area contributed by atoms with Crippen molar-refractivity contribution in [2.45, 2.75) is 45.6 Å². The third-order valence-corrected chi connectivity index (χ3v) is 3.98. The molecule has 0 spiro atoms. The van der Waals surface area contributed by atoms with Gasteiger partial charge in [0, 0.05) is 12.0 Å². The van der Waals surface area contributed by atoms with E-state index in [9.17, 15) is 0 Å². The summed E-state index contributed by atoms with van der Waals surface area (Å²) in [6.07, 6.45) is 4.20. The molecular formula is C13H22ClN3. The quantitative estimate of drug-likeness (QED) is 0.826. The molecule has 0 aromatic carbocycles. The normalized spacial score (nSPS) is 19.1. The molecule has 1 aliphatic heterocycles. The lowest BCUT2D eigenvalue weighted by Crippen LogP contribution is -2.33. The van der Waals surface area contributed by atoms with Gasteiger partial charge in [0.2, 0.25) is 0 Å². The largest absolute Gasteiger partial charge is 0.316 e. The SMILES string of the molecule is CCN1CCC(c2ncc(Cl)n2C(C)C)CC1. The molecule has 1 saturated heterocycles. The zero-order chi connectivity index (χ0) is 12.4. The number of rotatable bonds is 3. The minimum Gasteiger partial charge on any atom is -0.316 e. The Balaban J connectivity index is 2.13. The summed E-state index contributed by atoms with van der Waals surface area (Å²) in [7, 11) is 0. The summed E-state index contributed by atoms with van der Waals surface area (Å²) in [5.41, 5.74) is 0. The molecule has 17 heavy (non-hydrogen) atoms. The molecule has 0 aliphatic carbocycles. The van der Waals surface area contributed by atoms with Gasteiger partial charge in [-0.05, 0) is 46.3 Å². The van der Waals surface area contributed by atoms with Crippen molar-refractivity contribution in [2.24, 2.45) is 0 Å². The van der Waals surface area contributed by atoms with Crippen LogP contribution in [0.25, 0.3) is 0 Å². The fourth-order valence-electron chi connectivity index (χ4n) is 2.67. The van der Waals surface area contributed by atoms with E-state index in [1.807, 2.05) is 0 Å². The molecule has 2 heterocycles. The van der Waals surface area contributed by atoms with Crippen LogP contribution in [0.5, 0.6) is 0 Å². The lowest BCUT2D eigenvalue weighted by Gasteiger charge is -2.31. The first-order valence-electron chi connectivity index (χ1n) is 6.58. The Hall–Kier alpha value is -0.540. The summed E-state index contributed by atoms with van der Waals surface area (Å²) < 4.78 is 2.17. The molecule has 0 radical (unpaired) electrons. The summed E-state index contributed by atoms with van der Waals surface area (Å²) in [6.45, 7) is 10.1. The van der Waals surface area contributed by atoms with Crippen molar-refractivity contribution in [3.63, 3.8) is 0 Å². The second kappa shape index (κ2) is 5.40. The Morgan fingerprint density at radius 3 is 2.59 bits per heavy atom. The number of nitrogens with zero attached hydrogens (tertiary/aromatic N) is 3. The number of hydrogen-bond donors (Lipinski definition) is 0. The summed E-state index contributed by atoms with van der Waals surface area (Å²) in [5, 5.41) is 0.771. The average molecular weight is 256 g/mol. The van der Waals surface area contributed by atoms with Crippen LogP contribution in [0.1, 0.15) is 51.4 Å². The van der Waals surface area contributed by atoms with Gasteiger partial charge < -0.3 is 9.47 Å². The van der Waals surface area contributed by atoms with Crippen LogP contribution >= 0.6 is 11.6 Å². The molecule has 2 rings (SSSR count). The van der Waals surface area contributed by atoms with Crippen molar-refractivity contribution < 1.29 is 0 Å². The van der Waals surface area contributed by atoms with Crippen molar-refractivity contribution in [3.05, 3.63) is 17.2 Å². The van der Waals surface area contributed by atoms with E-state index in [2.05, 4.69) is 35.2 Å². The second-order valence-corrected chi connectivity index (χ2v) is 5.50. The van der Waals surface area contributed by atoms with Crippen LogP contribution in [0, 0.1) is 0 Å². The smallest absolute Gasteiger partial charge is 0.129 e. The maximum absolute atomic E-state index is 6.21. The van der Waals surface area contributed by atoms with E-state index in [1.54, 1.807) is 6.20 Å². The zero-order valence-electron chi connectivity index (χ0n) is 11.0. The van der Waals surface area contributed by atoms with Gasteiger partial charge in [-0.1, -0.05) is 18.5 Å². The maximum atomic E-state index is 6.21. The van der Waals surface area contributed by atoms with Crippen LogP contribution in [0.3, 0.4) is 0 Å². The number of hydrogen-bond acceptors (Lipinski definition) is 2. The highest BCUT2D eigenvalue weighted by atomic mass is 35.5. The highest BCUT2D eigenvalue weighted by molar-refractivity contribution is 6.29. The van der Waals surface area contributed by atoms with Crippen molar-refractivity contribution in [2.75, 3.05) is 19.6 Å². The van der Waals surface area contributed by atoms with Crippen LogP contribution in [-0.2, 0) is 0 Å². The Labute approximate surface area is 109 Å². The lowest BCUT2D eigenvalue weighted by molar-refractivity contribution is 0.216. The Kier molecular flexibility index (Phi) is 4.10. The molecule has 0 N–H and O–H groups in total. The standard InChI is InChI=1S/C13H22ClN3/c1-4-16-7-5-11(6-8-16)13-15-9-12(14)17(13)10(2)3/h9-11H,4-8H2,1-3H3. The molecule has 0 saturated carbocycles. The van der Waals surface area contributed by atoms with E-state index in [0.29, 0.717) is 12.0 Å². The van der Waals surface area contributed by atoms with Gasteiger partial charge in [0.25, 0.3) is 0 Å². The molecule has 0 unspecified atom stereocenters. The number of aromatic nitrogens is 2. The first-order valence-corrected chi connectivity index (χ1v) is 6.96. The summed E-state index contributed by atoms with van der Waals surface area (Å²) in [6, 6.07) is 0.393. The van der Waals surface area contributed by atoms with Crippen LogP contribution in [-0.4, -0.2) is 34.1 Å². The van der Waals surface area contributed by atoms with Gasteiger partial charge in [0.05, 0.1) is 6.20 Å². The summed E-state index contributed by atoms with van der Waals surface area (Å²) >= 11 is 6.21. The van der Waals surface area contributed by atoms with Gasteiger partial charge in [-0.15, -0.1) is 0 Å². The van der Waals surface area contributed by atoms with Crippen molar-refractivity contribution in [3.8, 4) is 0 Å². The zero-order valence-corrected chi connectivity index (χ0v) is 11.7. The second-order valence-electron chi connectivity index (χ2n) is 5.11. The third kappa shape index (κ3) is 2.66. The minimum atomic E-state index is 0.393. The van der Waals surface area contributed by atoms with Crippen molar-refractivity contribution >= 4 is 11.6 Å². The molecule has 0 atom stereocenters. The van der Waals surface area contributed by atoms with E-state index in [-0.39, 0.29) is 0 Å². The van der Waals surface area contributed by atoms with Gasteiger partial charge in [-0.25, -0.2) is 4.98 Å². The Morgan fingerprint density at radius 1 is 1.41 bits per heavy atom. The number of imidazole rings is 1. The minimum absolute atomic E-state index is 0.393. The van der Waals surface area contributed by atoms with E-state index in [0.717, 1.165) is 11.7 Å². The topological polar surface area (TPSA) is 21.1 Å². The highest BCUT2D eigenvalue weighted by Gasteiger charge is 2.25. The fraction of sp³-hybridized carbons (Fsp3) is 0.769. The van der Waals surface area contributed by atoms with Crippen molar-refractivity contribution in [1.29, 1.82) is 0 Å². The van der Waals surface area contributed by atoms with E-state index in [4.69, 9.17) is 11.6 Å². The fourth-order valence-corrected chi connectivity index (χ4v) is 3.00. The van der Waals surface area contributed by atoms with Gasteiger partial charge in [0.1, 0.15) is 11.0 Å². The monoisotopic (exact) mass is 255 g/mol. The summed E-state index contributed by atoms with van der Waals surface area (Å²) in [4.78, 5) is 7.02. The van der Waals surface area contributed by atoms with Crippen LogP contribution < -0.4 is 0 Å². The van der Waals surface area contributed by atoms with Gasteiger partial charge >= 0.3 is 0 Å². The van der Waals surface area contributed by atoms with E-state index < -0.39 is 0 Å². The summed E-state index contributed by atoms with van der Waals surface area (Å²) in [5.74, 6) is 1.76. The van der Waals surface area contributed by atoms with Gasteiger partial charge in [-0.3, -0.25) is 0 Å². The molecule has 0 amide bonds. The average Bonchev–Trinajstić information content (AvgIpc) is 2.71. The predicted molar refractivity (Wildman–Crippen MR) is 71.7 cm³/mol. The van der Waals surface area contributed by atoms with Gasteiger partial charge in [-0.2, -0.15) is 0 Å². The number of halogens is 1. The van der Waals surface area contributed by atoms with Gasteiger partial charge in [0.15, 0.2) is 0 Å². The molecule has 0 bridgehead atoms. The third-order valence-electron chi connectivity index (χ3n) is 3.70. The molecular weight excluding hydrogens is 234 g/mol. The van der Waals surface area contributed by atoms with Crippen molar-refractivity contribution in [1.82, 2.24) is 14.5 Å². The predicted octanol–water partition coefficient (Wildman–Crippen LogP) is 3.32. The molecule has 96 valence electrons. The molecule has 1 aromatic heterocycles. The van der Waals surface area contributed by atoms with Crippen LogP contribution in [0.2, 0.25) is 5.15 Å². The molecule has 3 nitrogen and oxygen atoms in total. The molecule has 1 aliphatic rings. The lowest BCUT2D eigenvalue weighted by atomic mass is 9.96. The maximum Gasteiger partial charge on any atom is 0.129 e. The van der Waals surface area contributed by atoms with Crippen LogP contribution in [0.4, 0.5) is 0 Å². The van der Waals surface area contributed by atoms with Crippen LogP contribution in [0.15, 0.2) is 6.20 Å². The Morgan fingerprint density at radius 2 is 2.06 bits per heavy atom.